The van der Waals surface area contributed by atoms with Crippen molar-refractivity contribution < 1.29 is 24.2 Å². The van der Waals surface area contributed by atoms with Gasteiger partial charge in [-0.3, -0.25) is 9.59 Å². The van der Waals surface area contributed by atoms with Gasteiger partial charge in [-0.05, 0) is 11.6 Å². The third-order valence-corrected chi connectivity index (χ3v) is 4.06. The Hall–Kier alpha value is -1.88. The zero-order valence-corrected chi connectivity index (χ0v) is 11.0. The Morgan fingerprint density at radius 1 is 1.40 bits per heavy atom. The highest BCUT2D eigenvalue weighted by atomic mass is 16.5. The Bertz CT molecular complexity index is 528. The number of hydrogen-bond acceptors (Lipinski definition) is 4. The highest BCUT2D eigenvalue weighted by Gasteiger charge is 2.50. The van der Waals surface area contributed by atoms with E-state index in [1.807, 2.05) is 24.3 Å². The van der Waals surface area contributed by atoms with Crippen LogP contribution < -0.4 is 4.74 Å². The second-order valence-corrected chi connectivity index (χ2v) is 5.37. The minimum Gasteiger partial charge on any atom is -0.490 e. The molecule has 3 rings (SSSR count). The molecule has 2 unspecified atom stereocenters. The van der Waals surface area contributed by atoms with Gasteiger partial charge < -0.3 is 14.6 Å². The minimum absolute atomic E-state index is 0.0582. The van der Waals surface area contributed by atoms with Crippen molar-refractivity contribution >= 4 is 11.8 Å². The SMILES string of the molecule is O=C(O)C1(CC2Cc3ccccc3O2)COCCC1=O. The number of carbonyl (C=O) groups excluding carboxylic acids is 1. The third kappa shape index (κ3) is 2.08. The Morgan fingerprint density at radius 2 is 2.20 bits per heavy atom. The van der Waals surface area contributed by atoms with Gasteiger partial charge in [0.15, 0.2) is 11.2 Å². The maximum absolute atomic E-state index is 12.1. The van der Waals surface area contributed by atoms with Crippen LogP contribution in [-0.4, -0.2) is 36.2 Å². The summed E-state index contributed by atoms with van der Waals surface area (Å²) in [7, 11) is 0. The molecule has 0 bridgehead atoms. The molecule has 1 saturated heterocycles. The van der Waals surface area contributed by atoms with Gasteiger partial charge in [-0.25, -0.2) is 0 Å². The van der Waals surface area contributed by atoms with Gasteiger partial charge in [0.1, 0.15) is 11.9 Å². The van der Waals surface area contributed by atoms with E-state index in [1.165, 1.54) is 0 Å². The van der Waals surface area contributed by atoms with Crippen LogP contribution in [0.5, 0.6) is 5.75 Å². The first kappa shape index (κ1) is 13.1. The lowest BCUT2D eigenvalue weighted by molar-refractivity contribution is -0.166. The van der Waals surface area contributed by atoms with Crippen LogP contribution in [-0.2, 0) is 20.7 Å². The first-order valence-electron chi connectivity index (χ1n) is 6.71. The van der Waals surface area contributed by atoms with Crippen LogP contribution >= 0.6 is 0 Å². The van der Waals surface area contributed by atoms with Crippen molar-refractivity contribution in [3.63, 3.8) is 0 Å². The molecule has 20 heavy (non-hydrogen) atoms. The van der Waals surface area contributed by atoms with E-state index in [1.54, 1.807) is 0 Å². The van der Waals surface area contributed by atoms with Gasteiger partial charge in [0.25, 0.3) is 0 Å². The number of Topliss-reactive ketones (excluding diaryl/α,β-unsaturated/α-hetero) is 1. The zero-order chi connectivity index (χ0) is 14.2. The minimum atomic E-state index is -1.45. The van der Waals surface area contributed by atoms with Crippen LogP contribution in [0.15, 0.2) is 24.3 Å². The molecule has 106 valence electrons. The molecular formula is C15H16O5. The van der Waals surface area contributed by atoms with Crippen molar-refractivity contribution in [3.8, 4) is 5.75 Å². The standard InChI is InChI=1S/C15H16O5/c16-13-5-6-19-9-15(13,14(17)18)8-11-7-10-3-1-2-4-12(10)20-11/h1-4,11H,5-9H2,(H,17,18). The van der Waals surface area contributed by atoms with Crippen molar-refractivity contribution in [3.05, 3.63) is 29.8 Å². The van der Waals surface area contributed by atoms with Crippen LogP contribution in [0.1, 0.15) is 18.4 Å². The Labute approximate surface area is 116 Å². The van der Waals surface area contributed by atoms with Gasteiger partial charge in [0.2, 0.25) is 0 Å². The molecule has 0 amide bonds. The molecule has 2 aliphatic heterocycles. The second kappa shape index (κ2) is 4.90. The molecule has 5 heteroatoms. The van der Waals surface area contributed by atoms with Crippen LogP contribution in [0.2, 0.25) is 0 Å². The first-order chi connectivity index (χ1) is 9.62. The largest absolute Gasteiger partial charge is 0.490 e. The van der Waals surface area contributed by atoms with Gasteiger partial charge in [-0.1, -0.05) is 18.2 Å². The highest BCUT2D eigenvalue weighted by Crippen LogP contribution is 2.37. The van der Waals surface area contributed by atoms with Crippen molar-refractivity contribution in [2.24, 2.45) is 5.41 Å². The van der Waals surface area contributed by atoms with Crippen molar-refractivity contribution in [2.45, 2.75) is 25.4 Å². The van der Waals surface area contributed by atoms with Crippen LogP contribution in [0, 0.1) is 5.41 Å². The normalized spacial score (nSPS) is 28.8. The lowest BCUT2D eigenvalue weighted by atomic mass is 9.76. The molecule has 2 heterocycles. The van der Waals surface area contributed by atoms with E-state index in [0.717, 1.165) is 11.3 Å². The molecule has 0 spiro atoms. The van der Waals surface area contributed by atoms with Crippen LogP contribution in [0.3, 0.4) is 0 Å². The first-order valence-corrected chi connectivity index (χ1v) is 6.71. The van der Waals surface area contributed by atoms with Gasteiger partial charge in [-0.2, -0.15) is 0 Å². The van der Waals surface area contributed by atoms with Crippen molar-refractivity contribution in [2.75, 3.05) is 13.2 Å². The maximum atomic E-state index is 12.1. The average molecular weight is 276 g/mol. The smallest absolute Gasteiger partial charge is 0.319 e. The summed E-state index contributed by atoms with van der Waals surface area (Å²) < 4.78 is 11.0. The summed E-state index contributed by atoms with van der Waals surface area (Å²) in [5.41, 5.74) is -0.396. The topological polar surface area (TPSA) is 72.8 Å². The summed E-state index contributed by atoms with van der Waals surface area (Å²) >= 11 is 0. The lowest BCUT2D eigenvalue weighted by Gasteiger charge is -2.33. The fourth-order valence-electron chi connectivity index (χ4n) is 2.93. The number of para-hydroxylation sites is 1. The molecule has 0 saturated carbocycles. The highest BCUT2D eigenvalue weighted by molar-refractivity contribution is 6.03. The summed E-state index contributed by atoms with van der Waals surface area (Å²) in [4.78, 5) is 23.7. The van der Waals surface area contributed by atoms with E-state index in [2.05, 4.69) is 0 Å². The number of fused-ring (bicyclic) bond motifs is 1. The second-order valence-electron chi connectivity index (χ2n) is 5.37. The van der Waals surface area contributed by atoms with E-state index in [0.29, 0.717) is 13.0 Å². The number of carbonyl (C=O) groups is 2. The predicted molar refractivity (Wildman–Crippen MR) is 69.7 cm³/mol. The fourth-order valence-corrected chi connectivity index (χ4v) is 2.93. The number of carboxylic acids is 1. The monoisotopic (exact) mass is 276 g/mol. The number of benzene rings is 1. The van der Waals surface area contributed by atoms with Gasteiger partial charge in [0.05, 0.1) is 13.2 Å². The zero-order valence-electron chi connectivity index (χ0n) is 11.0. The molecule has 1 N–H and O–H groups in total. The number of aliphatic carboxylic acids is 1. The molecule has 2 atom stereocenters. The molecular weight excluding hydrogens is 260 g/mol. The number of ether oxygens (including phenoxy) is 2. The van der Waals surface area contributed by atoms with Gasteiger partial charge in [-0.15, -0.1) is 0 Å². The Morgan fingerprint density at radius 3 is 2.90 bits per heavy atom. The van der Waals surface area contributed by atoms with Crippen LogP contribution in [0.4, 0.5) is 0 Å². The molecule has 2 aliphatic rings. The molecule has 0 radical (unpaired) electrons. The number of rotatable bonds is 3. The third-order valence-electron chi connectivity index (χ3n) is 4.06. The Kier molecular flexibility index (Phi) is 3.22. The van der Waals surface area contributed by atoms with E-state index >= 15 is 0 Å². The molecule has 1 aromatic rings. The summed E-state index contributed by atoms with van der Waals surface area (Å²) in [6.07, 6.45) is 0.675. The predicted octanol–water partition coefficient (Wildman–Crippen LogP) is 1.44. The van der Waals surface area contributed by atoms with Gasteiger partial charge in [0, 0.05) is 19.3 Å². The number of hydrogen-bond donors (Lipinski definition) is 1. The fraction of sp³-hybridized carbons (Fsp3) is 0.467. The van der Waals surface area contributed by atoms with E-state index in [9.17, 15) is 14.7 Å². The maximum Gasteiger partial charge on any atom is 0.319 e. The summed E-state index contributed by atoms with van der Waals surface area (Å²) in [5.74, 6) is -0.584. The van der Waals surface area contributed by atoms with Crippen LogP contribution in [0.25, 0.3) is 0 Å². The van der Waals surface area contributed by atoms with E-state index in [4.69, 9.17) is 9.47 Å². The molecule has 1 aromatic carbocycles. The molecule has 0 aliphatic carbocycles. The summed E-state index contributed by atoms with van der Waals surface area (Å²) in [6.45, 7) is 0.247. The summed E-state index contributed by atoms with van der Waals surface area (Å²) in [6, 6.07) is 7.62. The van der Waals surface area contributed by atoms with E-state index < -0.39 is 11.4 Å². The molecule has 1 fully saturated rings. The van der Waals surface area contributed by atoms with Crippen molar-refractivity contribution in [1.82, 2.24) is 0 Å². The number of ketones is 1. The number of carboxylic acid groups (broad SMARTS) is 1. The Balaban J connectivity index is 1.79. The lowest BCUT2D eigenvalue weighted by Crippen LogP contribution is -2.49. The van der Waals surface area contributed by atoms with Gasteiger partial charge >= 0.3 is 5.97 Å². The quantitative estimate of drug-likeness (QED) is 0.846. The van der Waals surface area contributed by atoms with E-state index in [-0.39, 0.29) is 31.3 Å². The van der Waals surface area contributed by atoms with Crippen molar-refractivity contribution in [1.29, 1.82) is 0 Å². The average Bonchev–Trinajstić information content (AvgIpc) is 2.83. The molecule has 0 aromatic heterocycles. The molecule has 5 nitrogen and oxygen atoms in total. The summed E-state index contributed by atoms with van der Waals surface area (Å²) in [5, 5.41) is 9.48.